The van der Waals surface area contributed by atoms with E-state index in [2.05, 4.69) is 16.4 Å². The zero-order valence-electron chi connectivity index (χ0n) is 25.1. The quantitative estimate of drug-likeness (QED) is 0.128. The van der Waals surface area contributed by atoms with E-state index < -0.39 is 18.6 Å². The second-order valence-electron chi connectivity index (χ2n) is 11.3. The number of amides is 2. The van der Waals surface area contributed by atoms with Crippen LogP contribution in [0, 0.1) is 30.1 Å². The number of anilines is 1. The molecular formula is C37H28F3N5O2. The van der Waals surface area contributed by atoms with Gasteiger partial charge in [0.15, 0.2) is 0 Å². The lowest BCUT2D eigenvalue weighted by Gasteiger charge is -2.15. The van der Waals surface area contributed by atoms with Crippen LogP contribution in [0.1, 0.15) is 33.5 Å². The molecule has 0 aliphatic heterocycles. The van der Waals surface area contributed by atoms with E-state index in [0.717, 1.165) is 33.4 Å². The number of carbonyl (C=O) groups is 2. The summed E-state index contributed by atoms with van der Waals surface area (Å²) in [5, 5.41) is 15.1. The largest absolute Gasteiger partial charge is 0.318 e. The number of hydrogen-bond acceptors (Lipinski definition) is 5. The number of carbonyl (C=O) groups excluding carboxylic acids is 2. The molecular weight excluding hydrogens is 603 g/mol. The van der Waals surface area contributed by atoms with Crippen molar-refractivity contribution in [3.63, 3.8) is 0 Å². The number of benzene rings is 4. The van der Waals surface area contributed by atoms with Crippen LogP contribution in [0.3, 0.4) is 0 Å². The Hall–Kier alpha value is -5.82. The molecule has 2 amide bonds. The molecule has 1 fully saturated rings. The average molecular weight is 632 g/mol. The molecule has 10 heteroatoms. The summed E-state index contributed by atoms with van der Waals surface area (Å²) >= 11 is 0. The third-order valence-electron chi connectivity index (χ3n) is 7.98. The van der Waals surface area contributed by atoms with E-state index in [1.54, 1.807) is 30.6 Å². The fourth-order valence-corrected chi connectivity index (χ4v) is 5.41. The van der Waals surface area contributed by atoms with Gasteiger partial charge in [0.25, 0.3) is 12.3 Å². The molecule has 1 saturated carbocycles. The van der Waals surface area contributed by atoms with Crippen LogP contribution < -0.4 is 10.6 Å². The Kier molecular flexibility index (Phi) is 8.80. The number of aryl methyl sites for hydroxylation is 1. The zero-order chi connectivity index (χ0) is 33.1. The highest BCUT2D eigenvalue weighted by molar-refractivity contribution is 6.15. The number of aromatic nitrogens is 1. The molecule has 1 heterocycles. The fraction of sp³-hybridized carbons (Fsp3) is 0.162. The van der Waals surface area contributed by atoms with Gasteiger partial charge in [0.05, 0.1) is 29.3 Å². The van der Waals surface area contributed by atoms with Crippen LogP contribution in [0.4, 0.5) is 24.7 Å². The summed E-state index contributed by atoms with van der Waals surface area (Å²) in [7, 11) is 0. The summed E-state index contributed by atoms with van der Waals surface area (Å²) in [5.74, 6) is -1.55. The number of nitriles is 1. The highest BCUT2D eigenvalue weighted by Gasteiger charge is 2.43. The van der Waals surface area contributed by atoms with Crippen molar-refractivity contribution in [2.75, 3.05) is 5.32 Å². The molecule has 0 bridgehead atoms. The Balaban J connectivity index is 1.47. The number of halogens is 3. The molecule has 2 N–H and O–H groups in total. The molecule has 7 nitrogen and oxygen atoms in total. The van der Waals surface area contributed by atoms with E-state index >= 15 is 0 Å². The van der Waals surface area contributed by atoms with Gasteiger partial charge in [-0.3, -0.25) is 9.59 Å². The third kappa shape index (κ3) is 6.89. The molecule has 1 aliphatic carbocycles. The van der Waals surface area contributed by atoms with Gasteiger partial charge in [0.1, 0.15) is 5.82 Å². The van der Waals surface area contributed by atoms with Crippen LogP contribution in [0.25, 0.3) is 21.9 Å². The first-order chi connectivity index (χ1) is 22.7. The topological polar surface area (TPSA) is 107 Å². The molecule has 0 saturated heterocycles. The lowest BCUT2D eigenvalue weighted by Crippen LogP contribution is -2.36. The van der Waals surface area contributed by atoms with E-state index in [0.29, 0.717) is 28.9 Å². The molecule has 0 radical (unpaired) electrons. The SMILES string of the molecule is Cc1cc(C(=O)NC(F)C(F)F)ccc1-c1cc(N=C(c2ccccc2)c2ccccc2)c2cnc(NC(=O)C3CC3C#N)cc2c1. The van der Waals surface area contributed by atoms with Gasteiger partial charge >= 0.3 is 0 Å². The van der Waals surface area contributed by atoms with Gasteiger partial charge in [-0.1, -0.05) is 66.7 Å². The van der Waals surface area contributed by atoms with Gasteiger partial charge < -0.3 is 10.6 Å². The minimum Gasteiger partial charge on any atom is -0.318 e. The first-order valence-corrected chi connectivity index (χ1v) is 14.9. The maximum Gasteiger partial charge on any atom is 0.287 e. The van der Waals surface area contributed by atoms with Gasteiger partial charge in [-0.25, -0.2) is 23.1 Å². The van der Waals surface area contributed by atoms with E-state index in [-0.39, 0.29) is 23.3 Å². The predicted octanol–water partition coefficient (Wildman–Crippen LogP) is 7.77. The van der Waals surface area contributed by atoms with Crippen LogP contribution in [0.5, 0.6) is 0 Å². The molecule has 3 unspecified atom stereocenters. The zero-order valence-corrected chi connectivity index (χ0v) is 25.1. The number of hydrogen-bond donors (Lipinski definition) is 2. The van der Waals surface area contributed by atoms with Crippen molar-refractivity contribution in [3.05, 3.63) is 126 Å². The second-order valence-corrected chi connectivity index (χ2v) is 11.3. The van der Waals surface area contributed by atoms with Crippen LogP contribution in [-0.2, 0) is 4.79 Å². The molecule has 3 atom stereocenters. The lowest BCUT2D eigenvalue weighted by atomic mass is 9.95. The third-order valence-corrected chi connectivity index (χ3v) is 7.98. The van der Waals surface area contributed by atoms with Crippen molar-refractivity contribution in [3.8, 4) is 17.2 Å². The summed E-state index contributed by atoms with van der Waals surface area (Å²) in [6, 6.07) is 31.8. The highest BCUT2D eigenvalue weighted by Crippen LogP contribution is 2.39. The summed E-state index contributed by atoms with van der Waals surface area (Å²) < 4.78 is 38.9. The van der Waals surface area contributed by atoms with Crippen LogP contribution in [0.15, 0.2) is 108 Å². The van der Waals surface area contributed by atoms with Gasteiger partial charge in [-0.05, 0) is 65.8 Å². The Morgan fingerprint density at radius 2 is 1.60 bits per heavy atom. The molecule has 5 aromatic rings. The van der Waals surface area contributed by atoms with E-state index in [1.165, 1.54) is 12.1 Å². The summed E-state index contributed by atoms with van der Waals surface area (Å²) in [6.07, 6.45) is -3.95. The van der Waals surface area contributed by atoms with Gasteiger partial charge in [0.2, 0.25) is 12.2 Å². The number of nitrogens with one attached hydrogen (secondary N) is 2. The molecule has 0 spiro atoms. The van der Waals surface area contributed by atoms with E-state index in [1.807, 2.05) is 72.8 Å². The number of pyridine rings is 1. The Bertz CT molecular complexity index is 2000. The van der Waals surface area contributed by atoms with E-state index in [9.17, 15) is 22.8 Å². The minimum atomic E-state index is -3.34. The van der Waals surface area contributed by atoms with Crippen LogP contribution >= 0.6 is 0 Å². The monoisotopic (exact) mass is 631 g/mol. The van der Waals surface area contributed by atoms with Crippen LogP contribution in [-0.4, -0.2) is 35.2 Å². The number of aliphatic imine (C=N–C) groups is 1. The van der Waals surface area contributed by atoms with Crippen molar-refractivity contribution >= 4 is 39.8 Å². The highest BCUT2D eigenvalue weighted by atomic mass is 19.3. The van der Waals surface area contributed by atoms with Crippen molar-refractivity contribution in [2.24, 2.45) is 16.8 Å². The molecule has 6 rings (SSSR count). The first-order valence-electron chi connectivity index (χ1n) is 14.9. The van der Waals surface area contributed by atoms with Gasteiger partial charge in [-0.15, -0.1) is 0 Å². The summed E-state index contributed by atoms with van der Waals surface area (Å²) in [6.45, 7) is 1.76. The Morgan fingerprint density at radius 3 is 2.19 bits per heavy atom. The maximum absolute atomic E-state index is 13.5. The summed E-state index contributed by atoms with van der Waals surface area (Å²) in [4.78, 5) is 34.8. The molecule has 1 aliphatic rings. The number of alkyl halides is 3. The van der Waals surface area contributed by atoms with Crippen molar-refractivity contribution < 1.29 is 22.8 Å². The first kappa shape index (κ1) is 31.2. The van der Waals surface area contributed by atoms with Crippen molar-refractivity contribution in [1.82, 2.24) is 10.3 Å². The lowest BCUT2D eigenvalue weighted by molar-refractivity contribution is -0.117. The Morgan fingerprint density at radius 1 is 0.915 bits per heavy atom. The van der Waals surface area contributed by atoms with Crippen molar-refractivity contribution in [1.29, 1.82) is 5.26 Å². The van der Waals surface area contributed by atoms with Gasteiger partial charge in [-0.2, -0.15) is 5.26 Å². The van der Waals surface area contributed by atoms with E-state index in [4.69, 9.17) is 10.3 Å². The van der Waals surface area contributed by atoms with Crippen LogP contribution in [0.2, 0.25) is 0 Å². The molecule has 234 valence electrons. The number of nitrogens with zero attached hydrogens (tertiary/aromatic N) is 3. The number of rotatable bonds is 9. The Labute approximate surface area is 268 Å². The second kappa shape index (κ2) is 13.3. The van der Waals surface area contributed by atoms with Crippen molar-refractivity contribution in [2.45, 2.75) is 26.1 Å². The predicted molar refractivity (Wildman–Crippen MR) is 174 cm³/mol. The number of fused-ring (bicyclic) bond motifs is 1. The minimum absolute atomic E-state index is 0.0361. The average Bonchev–Trinajstić information content (AvgIpc) is 3.88. The molecule has 4 aromatic carbocycles. The molecule has 47 heavy (non-hydrogen) atoms. The normalized spacial score (nSPS) is 15.8. The summed E-state index contributed by atoms with van der Waals surface area (Å²) in [5.41, 5.74) is 5.24. The maximum atomic E-state index is 13.5. The molecule has 1 aromatic heterocycles. The fourth-order valence-electron chi connectivity index (χ4n) is 5.41. The standard InChI is InChI=1S/C37H28F3N5O2/c1-21-14-24(36(46)45-35(40)34(38)39)12-13-28(21)25-15-26-18-32(44-37(47)29-16-27(29)19-41)42-20-30(26)31(17-25)43-33(22-8-4-2-5-9-22)23-10-6-3-7-11-23/h2-15,17-18,20,27,29,34-35H,16H2,1H3,(H,45,46)(H,42,44,47). The van der Waals surface area contributed by atoms with Gasteiger partial charge in [0, 0.05) is 28.3 Å². The smallest absolute Gasteiger partial charge is 0.287 e.